The largest absolute Gasteiger partial charge is 0.396 e. The highest BCUT2D eigenvalue weighted by atomic mass is 16.6. The number of aliphatic hydroxyl groups excluding tert-OH is 1. The van der Waals surface area contributed by atoms with E-state index in [1.807, 2.05) is 25.1 Å². The first-order valence-electron chi connectivity index (χ1n) is 10.6. The second kappa shape index (κ2) is 8.56. The monoisotopic (exact) mass is 407 g/mol. The van der Waals surface area contributed by atoms with Crippen molar-refractivity contribution in [3.05, 3.63) is 58.7 Å². The van der Waals surface area contributed by atoms with Gasteiger partial charge in [0.15, 0.2) is 0 Å². The van der Waals surface area contributed by atoms with Crippen LogP contribution in [0, 0.1) is 12.3 Å². The summed E-state index contributed by atoms with van der Waals surface area (Å²) in [6.07, 6.45) is 4.28. The molecule has 0 amide bonds. The van der Waals surface area contributed by atoms with Gasteiger partial charge < -0.3 is 9.94 Å². The van der Waals surface area contributed by atoms with E-state index in [1.54, 1.807) is 0 Å². The molecule has 0 spiro atoms. The van der Waals surface area contributed by atoms with E-state index in [0.717, 1.165) is 48.0 Å². The van der Waals surface area contributed by atoms with Gasteiger partial charge >= 0.3 is 0 Å². The Bertz CT molecular complexity index is 1050. The first-order valence-corrected chi connectivity index (χ1v) is 10.6. The highest BCUT2D eigenvalue weighted by Gasteiger charge is 2.32. The van der Waals surface area contributed by atoms with Crippen molar-refractivity contribution in [2.24, 2.45) is 10.6 Å². The molecule has 0 bridgehead atoms. The average molecular weight is 408 g/mol. The van der Waals surface area contributed by atoms with E-state index >= 15 is 0 Å². The highest BCUT2D eigenvalue weighted by molar-refractivity contribution is 5.99. The maximum atomic E-state index is 9.68. The summed E-state index contributed by atoms with van der Waals surface area (Å²) in [7, 11) is 0. The van der Waals surface area contributed by atoms with Crippen LogP contribution in [0.2, 0.25) is 0 Å². The van der Waals surface area contributed by atoms with Gasteiger partial charge in [-0.2, -0.15) is 0 Å². The normalized spacial score (nSPS) is 22.4. The summed E-state index contributed by atoms with van der Waals surface area (Å²) in [5.74, 6) is 0.492. The van der Waals surface area contributed by atoms with Gasteiger partial charge in [-0.25, -0.2) is 4.63 Å². The van der Waals surface area contributed by atoms with Crippen LogP contribution in [0.4, 0.5) is 0 Å². The number of benzene rings is 2. The molecule has 1 aliphatic rings. The van der Waals surface area contributed by atoms with Crippen LogP contribution >= 0.6 is 0 Å². The molecule has 1 fully saturated rings. The first kappa shape index (κ1) is 20.5. The van der Waals surface area contributed by atoms with Crippen molar-refractivity contribution in [2.75, 3.05) is 6.61 Å². The molecule has 1 heterocycles. The molecule has 30 heavy (non-hydrogen) atoms. The van der Waals surface area contributed by atoms with Crippen LogP contribution in [-0.2, 0) is 11.4 Å². The molecule has 2 aromatic carbocycles. The van der Waals surface area contributed by atoms with Gasteiger partial charge in [-0.3, -0.25) is 0 Å². The molecule has 3 aromatic rings. The van der Waals surface area contributed by atoms with Crippen molar-refractivity contribution in [3.63, 3.8) is 0 Å². The lowest BCUT2D eigenvalue weighted by molar-refractivity contribution is 0.0934. The predicted octanol–water partition coefficient (Wildman–Crippen LogP) is 5.13. The zero-order valence-corrected chi connectivity index (χ0v) is 17.9. The van der Waals surface area contributed by atoms with Crippen molar-refractivity contribution in [2.45, 2.75) is 59.0 Å². The van der Waals surface area contributed by atoms with Gasteiger partial charge in [0.25, 0.3) is 0 Å². The summed E-state index contributed by atoms with van der Waals surface area (Å²) in [6, 6.07) is 12.3. The Labute approximate surface area is 176 Å². The summed E-state index contributed by atoms with van der Waals surface area (Å²) < 4.78 is 4.74. The number of hydrogen-bond donors (Lipinski definition) is 1. The Morgan fingerprint density at radius 2 is 1.93 bits per heavy atom. The second-order valence-corrected chi connectivity index (χ2v) is 8.87. The molecule has 0 unspecified atom stereocenters. The fourth-order valence-corrected chi connectivity index (χ4v) is 4.30. The lowest BCUT2D eigenvalue weighted by atomic mass is 9.69. The molecule has 0 aliphatic heterocycles. The number of hydrogen-bond acceptors (Lipinski definition) is 6. The van der Waals surface area contributed by atoms with Crippen LogP contribution in [0.5, 0.6) is 0 Å². The third-order valence-electron chi connectivity index (χ3n) is 6.36. The van der Waals surface area contributed by atoms with E-state index in [1.165, 1.54) is 11.1 Å². The van der Waals surface area contributed by atoms with E-state index in [-0.39, 0.29) is 12.0 Å². The van der Waals surface area contributed by atoms with E-state index < -0.39 is 0 Å². The third kappa shape index (κ3) is 4.38. The zero-order valence-electron chi connectivity index (χ0n) is 17.9. The fraction of sp³-hybridized carbons (Fsp3) is 0.458. The van der Waals surface area contributed by atoms with Gasteiger partial charge in [-0.05, 0) is 84.4 Å². The molecule has 0 atom stereocenters. The second-order valence-electron chi connectivity index (χ2n) is 8.87. The predicted molar refractivity (Wildman–Crippen MR) is 116 cm³/mol. The van der Waals surface area contributed by atoms with Crippen LogP contribution in [0.1, 0.15) is 67.7 Å². The van der Waals surface area contributed by atoms with Crippen molar-refractivity contribution < 1.29 is 14.6 Å². The topological polar surface area (TPSA) is 80.7 Å². The fourth-order valence-electron chi connectivity index (χ4n) is 4.30. The van der Waals surface area contributed by atoms with E-state index in [9.17, 15) is 5.11 Å². The van der Waals surface area contributed by atoms with Crippen LogP contribution in [0.3, 0.4) is 0 Å². The number of aryl methyl sites for hydroxylation is 1. The van der Waals surface area contributed by atoms with Crippen molar-refractivity contribution in [1.29, 1.82) is 0 Å². The Balaban J connectivity index is 1.48. The molecule has 1 N–H and O–H groups in total. The molecule has 6 heteroatoms. The van der Waals surface area contributed by atoms with Gasteiger partial charge in [0.05, 0.1) is 5.71 Å². The molecule has 0 saturated heterocycles. The van der Waals surface area contributed by atoms with Crippen LogP contribution < -0.4 is 0 Å². The number of aliphatic hydroxyl groups is 1. The molecule has 0 radical (unpaired) electrons. The van der Waals surface area contributed by atoms with E-state index in [4.69, 9.17) is 9.47 Å². The molecule has 4 rings (SSSR count). The summed E-state index contributed by atoms with van der Waals surface area (Å²) in [6.45, 7) is 6.95. The molecule has 6 nitrogen and oxygen atoms in total. The van der Waals surface area contributed by atoms with Gasteiger partial charge in [0.2, 0.25) is 0 Å². The first-order chi connectivity index (χ1) is 14.5. The summed E-state index contributed by atoms with van der Waals surface area (Å²) in [4.78, 5) is 5.66. The number of nitrogens with zero attached hydrogens (tertiary/aromatic N) is 3. The summed E-state index contributed by atoms with van der Waals surface area (Å²) >= 11 is 0. The highest BCUT2D eigenvalue weighted by Crippen LogP contribution is 2.43. The minimum atomic E-state index is 0.0627. The number of oxime groups is 1. The van der Waals surface area contributed by atoms with Crippen molar-refractivity contribution in [1.82, 2.24) is 10.3 Å². The molecule has 158 valence electrons. The number of fused-ring (bicyclic) bond motifs is 1. The minimum absolute atomic E-state index is 0.0627. The third-order valence-corrected chi connectivity index (χ3v) is 6.36. The standard InChI is InChI=1S/C24H29N3O3/c1-16-4-6-20(21(12-16)19-8-10-24(3,15-28)11-9-19)17(2)25-29-14-18-5-7-22-23(13-18)27-30-26-22/h4-7,12-13,19,28H,8-11,14-15H2,1-3H3/b25-17+. The molecule has 1 aliphatic carbocycles. The van der Waals surface area contributed by atoms with Gasteiger partial charge in [0.1, 0.15) is 17.6 Å². The smallest absolute Gasteiger partial charge is 0.142 e. The van der Waals surface area contributed by atoms with Crippen molar-refractivity contribution in [3.8, 4) is 0 Å². The summed E-state index contributed by atoms with van der Waals surface area (Å²) in [5, 5.41) is 21.8. The van der Waals surface area contributed by atoms with E-state index in [0.29, 0.717) is 18.0 Å². The Morgan fingerprint density at radius 1 is 1.17 bits per heavy atom. The van der Waals surface area contributed by atoms with E-state index in [2.05, 4.69) is 47.5 Å². The Morgan fingerprint density at radius 3 is 2.70 bits per heavy atom. The van der Waals surface area contributed by atoms with Gasteiger partial charge in [0, 0.05) is 12.2 Å². The van der Waals surface area contributed by atoms with Crippen LogP contribution in [-0.4, -0.2) is 27.7 Å². The molecular weight excluding hydrogens is 378 g/mol. The average Bonchev–Trinajstić information content (AvgIpc) is 3.22. The minimum Gasteiger partial charge on any atom is -0.396 e. The Kier molecular flexibility index (Phi) is 5.86. The maximum absolute atomic E-state index is 9.68. The molecule has 1 saturated carbocycles. The van der Waals surface area contributed by atoms with Gasteiger partial charge in [-0.15, -0.1) is 0 Å². The van der Waals surface area contributed by atoms with Gasteiger partial charge in [-0.1, -0.05) is 41.9 Å². The van der Waals surface area contributed by atoms with Crippen LogP contribution in [0.15, 0.2) is 46.2 Å². The summed E-state index contributed by atoms with van der Waals surface area (Å²) in [5.41, 5.74) is 7.10. The SMILES string of the molecule is C/C(=N\OCc1ccc2nonc2c1)c1ccc(C)cc1C1CCC(C)(CO)CC1. The van der Waals surface area contributed by atoms with Crippen LogP contribution in [0.25, 0.3) is 11.0 Å². The lowest BCUT2D eigenvalue weighted by Gasteiger charge is -2.36. The maximum Gasteiger partial charge on any atom is 0.142 e. The lowest BCUT2D eigenvalue weighted by Crippen LogP contribution is -2.27. The number of aromatic nitrogens is 2. The zero-order chi connectivity index (χ0) is 21.1. The Hall–Kier alpha value is -2.73. The molecule has 1 aromatic heterocycles. The van der Waals surface area contributed by atoms with Crippen molar-refractivity contribution >= 4 is 16.7 Å². The quantitative estimate of drug-likeness (QED) is 0.453. The number of rotatable bonds is 6. The molecular formula is C24H29N3O3.